The van der Waals surface area contributed by atoms with Crippen LogP contribution < -0.4 is 4.74 Å². The van der Waals surface area contributed by atoms with Gasteiger partial charge in [-0.2, -0.15) is 0 Å². The maximum atomic E-state index is 5.20. The standard InChI is InChI=1S/C8H8IO/c1-2-10-8-5-3-7(9)4-6-8/h3-5H,2H2,1H3. The van der Waals surface area contributed by atoms with Crippen LogP contribution >= 0.6 is 22.6 Å². The van der Waals surface area contributed by atoms with Crippen molar-refractivity contribution in [3.05, 3.63) is 27.8 Å². The number of hydrogen-bond acceptors (Lipinski definition) is 1. The normalized spacial score (nSPS) is 9.40. The highest BCUT2D eigenvalue weighted by Crippen LogP contribution is 2.11. The summed E-state index contributed by atoms with van der Waals surface area (Å²) in [5, 5.41) is 0. The fourth-order valence-electron chi connectivity index (χ4n) is 0.637. The molecule has 0 heterocycles. The Balaban J connectivity index is 2.69. The van der Waals surface area contributed by atoms with E-state index < -0.39 is 0 Å². The fraction of sp³-hybridized carbons (Fsp3) is 0.250. The van der Waals surface area contributed by atoms with Crippen molar-refractivity contribution in [1.29, 1.82) is 0 Å². The molecule has 0 aliphatic rings. The first-order chi connectivity index (χ1) is 4.83. The van der Waals surface area contributed by atoms with E-state index in [1.165, 1.54) is 3.57 Å². The molecule has 1 radical (unpaired) electrons. The third-order valence-electron chi connectivity index (χ3n) is 1.05. The molecule has 0 saturated heterocycles. The van der Waals surface area contributed by atoms with Gasteiger partial charge in [-0.25, -0.2) is 0 Å². The van der Waals surface area contributed by atoms with Crippen molar-refractivity contribution >= 4 is 22.6 Å². The molecule has 0 aliphatic heterocycles. The van der Waals surface area contributed by atoms with Crippen LogP contribution in [0.5, 0.6) is 5.75 Å². The van der Waals surface area contributed by atoms with E-state index in [9.17, 15) is 0 Å². The predicted octanol–water partition coefficient (Wildman–Crippen LogP) is 2.49. The van der Waals surface area contributed by atoms with Gasteiger partial charge < -0.3 is 4.74 Å². The van der Waals surface area contributed by atoms with E-state index in [-0.39, 0.29) is 0 Å². The first kappa shape index (κ1) is 7.85. The van der Waals surface area contributed by atoms with Crippen LogP contribution in [0.3, 0.4) is 0 Å². The molecule has 1 aromatic rings. The van der Waals surface area contributed by atoms with Gasteiger partial charge in [0.2, 0.25) is 0 Å². The zero-order valence-corrected chi connectivity index (χ0v) is 7.88. The summed E-state index contributed by atoms with van der Waals surface area (Å²) in [4.78, 5) is 0. The SMILES string of the molecule is CCOc1[c]cc(I)cc1. The molecule has 0 amide bonds. The van der Waals surface area contributed by atoms with Gasteiger partial charge in [-0.15, -0.1) is 0 Å². The number of benzene rings is 1. The summed E-state index contributed by atoms with van der Waals surface area (Å²) >= 11 is 2.24. The molecule has 0 atom stereocenters. The van der Waals surface area contributed by atoms with Gasteiger partial charge in [0.25, 0.3) is 0 Å². The Hall–Kier alpha value is -0.250. The first-order valence-electron chi connectivity index (χ1n) is 3.13. The lowest BCUT2D eigenvalue weighted by molar-refractivity contribution is 0.339. The van der Waals surface area contributed by atoms with Gasteiger partial charge >= 0.3 is 0 Å². The van der Waals surface area contributed by atoms with Crippen LogP contribution in [-0.4, -0.2) is 6.61 Å². The topological polar surface area (TPSA) is 9.23 Å². The molecule has 0 fully saturated rings. The molecule has 0 aliphatic carbocycles. The summed E-state index contributed by atoms with van der Waals surface area (Å²) in [6.45, 7) is 2.67. The quantitative estimate of drug-likeness (QED) is 0.729. The van der Waals surface area contributed by atoms with Gasteiger partial charge in [0.05, 0.1) is 6.61 Å². The highest BCUT2D eigenvalue weighted by molar-refractivity contribution is 14.1. The minimum absolute atomic E-state index is 0.705. The van der Waals surface area contributed by atoms with Crippen molar-refractivity contribution in [2.24, 2.45) is 0 Å². The molecule has 0 unspecified atom stereocenters. The van der Waals surface area contributed by atoms with Gasteiger partial charge in [0.15, 0.2) is 0 Å². The van der Waals surface area contributed by atoms with E-state index in [2.05, 4.69) is 28.7 Å². The van der Waals surface area contributed by atoms with Crippen molar-refractivity contribution in [1.82, 2.24) is 0 Å². The molecular formula is C8H8IO. The summed E-state index contributed by atoms with van der Waals surface area (Å²) in [5.74, 6) is 0.822. The number of halogens is 1. The zero-order valence-electron chi connectivity index (χ0n) is 5.73. The summed E-state index contributed by atoms with van der Waals surface area (Å²) in [6.07, 6.45) is 0. The van der Waals surface area contributed by atoms with E-state index in [0.29, 0.717) is 6.61 Å². The van der Waals surface area contributed by atoms with E-state index in [0.717, 1.165) is 5.75 Å². The second-order valence-corrected chi connectivity index (χ2v) is 3.05. The Morgan fingerprint density at radius 1 is 1.60 bits per heavy atom. The molecule has 0 saturated carbocycles. The first-order valence-corrected chi connectivity index (χ1v) is 4.21. The third kappa shape index (κ3) is 2.17. The molecule has 1 nitrogen and oxygen atoms in total. The maximum absolute atomic E-state index is 5.20. The van der Waals surface area contributed by atoms with Gasteiger partial charge in [0, 0.05) is 9.64 Å². The summed E-state index contributed by atoms with van der Waals surface area (Å²) < 4.78 is 6.38. The van der Waals surface area contributed by atoms with Gasteiger partial charge in [-0.1, -0.05) is 0 Å². The molecule has 1 rings (SSSR count). The minimum Gasteiger partial charge on any atom is -0.493 e. The Labute approximate surface area is 74.5 Å². The predicted molar refractivity (Wildman–Crippen MR) is 49.2 cm³/mol. The van der Waals surface area contributed by atoms with Crippen molar-refractivity contribution in [2.45, 2.75) is 6.92 Å². The maximum Gasteiger partial charge on any atom is 0.127 e. The van der Waals surface area contributed by atoms with E-state index >= 15 is 0 Å². The molecule has 10 heavy (non-hydrogen) atoms. The molecule has 0 N–H and O–H groups in total. The van der Waals surface area contributed by atoms with Gasteiger partial charge in [-0.3, -0.25) is 0 Å². The minimum atomic E-state index is 0.705. The van der Waals surface area contributed by atoms with Crippen molar-refractivity contribution in [2.75, 3.05) is 6.61 Å². The third-order valence-corrected chi connectivity index (χ3v) is 1.72. The highest BCUT2D eigenvalue weighted by Gasteiger charge is 1.89. The highest BCUT2D eigenvalue weighted by atomic mass is 127. The average Bonchev–Trinajstić information content (AvgIpc) is 1.95. The largest absolute Gasteiger partial charge is 0.493 e. The van der Waals surface area contributed by atoms with Crippen molar-refractivity contribution in [3.8, 4) is 5.75 Å². The van der Waals surface area contributed by atoms with Crippen LogP contribution in [0, 0.1) is 9.64 Å². The van der Waals surface area contributed by atoms with E-state index in [1.807, 2.05) is 25.1 Å². The van der Waals surface area contributed by atoms with Crippen molar-refractivity contribution in [3.63, 3.8) is 0 Å². The molecule has 2 heteroatoms. The summed E-state index contributed by atoms with van der Waals surface area (Å²) in [7, 11) is 0. The smallest absolute Gasteiger partial charge is 0.127 e. The molecule has 1 aromatic carbocycles. The second kappa shape index (κ2) is 3.81. The Kier molecular flexibility index (Phi) is 2.99. The van der Waals surface area contributed by atoms with Gasteiger partial charge in [0.1, 0.15) is 5.75 Å². The average molecular weight is 247 g/mol. The molecular weight excluding hydrogens is 239 g/mol. The van der Waals surface area contributed by atoms with Crippen LogP contribution in [-0.2, 0) is 0 Å². The fourth-order valence-corrected chi connectivity index (χ4v) is 0.972. The van der Waals surface area contributed by atoms with E-state index in [1.54, 1.807) is 0 Å². The monoisotopic (exact) mass is 247 g/mol. The lowest BCUT2D eigenvalue weighted by atomic mass is 10.3. The lowest BCUT2D eigenvalue weighted by Crippen LogP contribution is -1.90. The van der Waals surface area contributed by atoms with E-state index in [4.69, 9.17) is 4.74 Å². The number of hydrogen-bond donors (Lipinski definition) is 0. The molecule has 0 spiro atoms. The molecule has 53 valence electrons. The lowest BCUT2D eigenvalue weighted by Gasteiger charge is -2.00. The Morgan fingerprint density at radius 3 is 2.90 bits per heavy atom. The van der Waals surface area contributed by atoms with Crippen LogP contribution in [0.15, 0.2) is 18.2 Å². The Morgan fingerprint density at radius 2 is 2.40 bits per heavy atom. The van der Waals surface area contributed by atoms with Crippen molar-refractivity contribution < 1.29 is 4.74 Å². The molecule has 0 aromatic heterocycles. The molecule has 0 bridgehead atoms. The Bertz CT molecular complexity index is 193. The second-order valence-electron chi connectivity index (χ2n) is 1.80. The van der Waals surface area contributed by atoms with Crippen LogP contribution in [0.2, 0.25) is 0 Å². The number of rotatable bonds is 2. The van der Waals surface area contributed by atoms with Crippen LogP contribution in [0.4, 0.5) is 0 Å². The van der Waals surface area contributed by atoms with Gasteiger partial charge in [-0.05, 0) is 47.7 Å². The zero-order chi connectivity index (χ0) is 7.40. The number of ether oxygens (including phenoxy) is 1. The van der Waals surface area contributed by atoms with Crippen LogP contribution in [0.1, 0.15) is 6.92 Å². The van der Waals surface area contributed by atoms with Crippen LogP contribution in [0.25, 0.3) is 0 Å². The summed E-state index contributed by atoms with van der Waals surface area (Å²) in [5.41, 5.74) is 0. The summed E-state index contributed by atoms with van der Waals surface area (Å²) in [6, 6.07) is 8.84.